The zero-order valence-corrected chi connectivity index (χ0v) is 16.5. The number of aromatic nitrogens is 2. The molecule has 3 rings (SSSR count). The van der Waals surface area contributed by atoms with E-state index in [9.17, 15) is 13.4 Å². The van der Waals surface area contributed by atoms with Crippen molar-refractivity contribution in [3.05, 3.63) is 70.9 Å². The lowest BCUT2D eigenvalue weighted by Gasteiger charge is -2.09. The molecule has 0 aliphatic rings. The second-order valence-corrected chi connectivity index (χ2v) is 7.82. The second kappa shape index (κ2) is 8.43. The van der Waals surface area contributed by atoms with Gasteiger partial charge >= 0.3 is 5.97 Å². The Kier molecular flexibility index (Phi) is 5.99. The standard InChI is InChI=1S/C20H19FN2O4S/c1-12-7-8-15(10-17(12)21)18-22-19(27-23-18)13(2)26-20(24)16-6-4-5-14(9-16)11-28(3)25/h4-10,13H,11H2,1-3H3. The Morgan fingerprint density at radius 3 is 2.79 bits per heavy atom. The number of benzene rings is 2. The SMILES string of the molecule is Cc1ccc(-c2noc(C(C)OC(=O)c3cccc(CS(C)=O)c3)n2)cc1F. The van der Waals surface area contributed by atoms with E-state index in [1.807, 2.05) is 0 Å². The molecule has 0 saturated heterocycles. The number of nitrogens with zero attached hydrogens (tertiary/aromatic N) is 2. The third-order valence-electron chi connectivity index (χ3n) is 4.04. The quantitative estimate of drug-likeness (QED) is 0.580. The van der Waals surface area contributed by atoms with Gasteiger partial charge in [-0.15, -0.1) is 0 Å². The van der Waals surface area contributed by atoms with Gasteiger partial charge in [0.05, 0.1) is 5.56 Å². The van der Waals surface area contributed by atoms with E-state index in [2.05, 4.69) is 10.1 Å². The molecule has 0 saturated carbocycles. The summed E-state index contributed by atoms with van der Waals surface area (Å²) in [4.78, 5) is 16.6. The largest absolute Gasteiger partial charge is 0.449 e. The molecule has 0 bridgehead atoms. The Bertz CT molecular complexity index is 1030. The molecule has 0 spiro atoms. The van der Waals surface area contributed by atoms with Crippen molar-refractivity contribution in [2.24, 2.45) is 0 Å². The molecule has 3 aromatic rings. The topological polar surface area (TPSA) is 82.3 Å². The van der Waals surface area contributed by atoms with Gasteiger partial charge in [-0.3, -0.25) is 4.21 Å². The predicted molar refractivity (Wildman–Crippen MR) is 102 cm³/mol. The number of carbonyl (C=O) groups is 1. The molecule has 0 fully saturated rings. The van der Waals surface area contributed by atoms with Gasteiger partial charge < -0.3 is 9.26 Å². The molecule has 28 heavy (non-hydrogen) atoms. The molecule has 0 radical (unpaired) electrons. The number of rotatable bonds is 6. The predicted octanol–water partition coefficient (Wildman–Crippen LogP) is 3.98. The van der Waals surface area contributed by atoms with Crippen LogP contribution < -0.4 is 0 Å². The van der Waals surface area contributed by atoms with Crippen LogP contribution in [-0.2, 0) is 21.3 Å². The molecule has 8 heteroatoms. The maximum atomic E-state index is 13.7. The number of aryl methyl sites for hydroxylation is 1. The van der Waals surface area contributed by atoms with Crippen LogP contribution in [0.3, 0.4) is 0 Å². The molecule has 0 amide bonds. The summed E-state index contributed by atoms with van der Waals surface area (Å²) in [6.07, 6.45) is 0.813. The maximum Gasteiger partial charge on any atom is 0.338 e. The molecule has 1 aromatic heterocycles. The third-order valence-corrected chi connectivity index (χ3v) is 4.78. The summed E-state index contributed by atoms with van der Waals surface area (Å²) in [5.74, 6) is -0.246. The summed E-state index contributed by atoms with van der Waals surface area (Å²) >= 11 is 0. The van der Waals surface area contributed by atoms with Gasteiger partial charge in [0.1, 0.15) is 5.82 Å². The lowest BCUT2D eigenvalue weighted by atomic mass is 10.1. The van der Waals surface area contributed by atoms with Gasteiger partial charge in [-0.1, -0.05) is 29.4 Å². The van der Waals surface area contributed by atoms with Crippen molar-refractivity contribution >= 4 is 16.8 Å². The fourth-order valence-corrected chi connectivity index (χ4v) is 3.20. The molecule has 1 heterocycles. The van der Waals surface area contributed by atoms with Crippen molar-refractivity contribution in [2.45, 2.75) is 25.7 Å². The minimum atomic E-state index is -1.01. The fourth-order valence-electron chi connectivity index (χ4n) is 2.55. The van der Waals surface area contributed by atoms with E-state index in [1.165, 1.54) is 6.07 Å². The highest BCUT2D eigenvalue weighted by molar-refractivity contribution is 7.83. The molecule has 2 aromatic carbocycles. The van der Waals surface area contributed by atoms with Gasteiger partial charge in [-0.05, 0) is 43.2 Å². The van der Waals surface area contributed by atoms with Gasteiger partial charge in [0.25, 0.3) is 5.89 Å². The third kappa shape index (κ3) is 4.69. The van der Waals surface area contributed by atoms with Gasteiger partial charge in [-0.25, -0.2) is 9.18 Å². The summed E-state index contributed by atoms with van der Waals surface area (Å²) < 4.78 is 35.6. The van der Waals surface area contributed by atoms with Crippen LogP contribution in [0, 0.1) is 12.7 Å². The number of esters is 1. The van der Waals surface area contributed by atoms with Crippen LogP contribution in [0.2, 0.25) is 0 Å². The molecule has 6 nitrogen and oxygen atoms in total. The highest BCUT2D eigenvalue weighted by Crippen LogP contribution is 2.23. The van der Waals surface area contributed by atoms with E-state index < -0.39 is 22.9 Å². The van der Waals surface area contributed by atoms with E-state index in [1.54, 1.807) is 56.5 Å². The van der Waals surface area contributed by atoms with Crippen LogP contribution >= 0.6 is 0 Å². The van der Waals surface area contributed by atoms with E-state index in [0.29, 0.717) is 22.4 Å². The second-order valence-electron chi connectivity index (χ2n) is 6.39. The summed E-state index contributed by atoms with van der Waals surface area (Å²) in [7, 11) is -1.01. The van der Waals surface area contributed by atoms with Crippen LogP contribution in [0.1, 0.15) is 40.4 Å². The van der Waals surface area contributed by atoms with Crippen LogP contribution in [0.25, 0.3) is 11.4 Å². The first kappa shape index (κ1) is 19.9. The van der Waals surface area contributed by atoms with Crippen LogP contribution in [0.4, 0.5) is 4.39 Å². The van der Waals surface area contributed by atoms with Gasteiger partial charge in [0.15, 0.2) is 6.10 Å². The van der Waals surface area contributed by atoms with E-state index >= 15 is 0 Å². The molecule has 0 aliphatic carbocycles. The van der Waals surface area contributed by atoms with Crippen molar-refractivity contribution in [1.29, 1.82) is 0 Å². The molecule has 2 unspecified atom stereocenters. The van der Waals surface area contributed by atoms with Crippen molar-refractivity contribution < 1.29 is 22.7 Å². The number of halogens is 1. The average molecular weight is 402 g/mol. The Hall–Kier alpha value is -2.87. The molecule has 2 atom stereocenters. The zero-order valence-electron chi connectivity index (χ0n) is 15.6. The Balaban J connectivity index is 1.72. The van der Waals surface area contributed by atoms with Crippen LogP contribution in [-0.4, -0.2) is 26.6 Å². The number of hydrogen-bond acceptors (Lipinski definition) is 6. The summed E-state index contributed by atoms with van der Waals surface area (Å²) in [6, 6.07) is 11.4. The Morgan fingerprint density at radius 1 is 1.29 bits per heavy atom. The zero-order chi connectivity index (χ0) is 20.3. The summed E-state index contributed by atoms with van der Waals surface area (Å²) in [5, 5.41) is 3.83. The van der Waals surface area contributed by atoms with Crippen molar-refractivity contribution in [3.63, 3.8) is 0 Å². The maximum absolute atomic E-state index is 13.7. The first-order valence-corrected chi connectivity index (χ1v) is 10.3. The number of carbonyl (C=O) groups excluding carboxylic acids is 1. The first-order chi connectivity index (χ1) is 13.3. The fraction of sp³-hybridized carbons (Fsp3) is 0.250. The van der Waals surface area contributed by atoms with Crippen LogP contribution in [0.5, 0.6) is 0 Å². The summed E-state index contributed by atoms with van der Waals surface area (Å²) in [6.45, 7) is 3.27. The number of ether oxygens (including phenoxy) is 1. The monoisotopic (exact) mass is 402 g/mol. The lowest BCUT2D eigenvalue weighted by Crippen LogP contribution is -2.10. The van der Waals surface area contributed by atoms with E-state index in [-0.39, 0.29) is 17.5 Å². The van der Waals surface area contributed by atoms with E-state index in [0.717, 1.165) is 5.56 Å². The Morgan fingerprint density at radius 2 is 2.07 bits per heavy atom. The minimum Gasteiger partial charge on any atom is -0.449 e. The lowest BCUT2D eigenvalue weighted by molar-refractivity contribution is 0.0265. The smallest absolute Gasteiger partial charge is 0.338 e. The van der Waals surface area contributed by atoms with Crippen molar-refractivity contribution in [3.8, 4) is 11.4 Å². The molecular weight excluding hydrogens is 383 g/mol. The molecular formula is C20H19FN2O4S. The average Bonchev–Trinajstić information content (AvgIpc) is 3.14. The molecule has 146 valence electrons. The van der Waals surface area contributed by atoms with Gasteiger partial charge in [0, 0.05) is 28.4 Å². The summed E-state index contributed by atoms with van der Waals surface area (Å²) in [5.41, 5.74) is 2.11. The minimum absolute atomic E-state index is 0.107. The molecule has 0 N–H and O–H groups in total. The highest BCUT2D eigenvalue weighted by atomic mass is 32.2. The normalized spacial score (nSPS) is 13.1. The highest BCUT2D eigenvalue weighted by Gasteiger charge is 2.20. The number of hydrogen-bond donors (Lipinski definition) is 0. The van der Waals surface area contributed by atoms with Crippen molar-refractivity contribution in [1.82, 2.24) is 10.1 Å². The van der Waals surface area contributed by atoms with Gasteiger partial charge in [0.2, 0.25) is 5.82 Å². The molecule has 0 aliphatic heterocycles. The van der Waals surface area contributed by atoms with Crippen LogP contribution in [0.15, 0.2) is 47.0 Å². The first-order valence-electron chi connectivity index (χ1n) is 8.53. The Labute approximate surface area is 164 Å². The van der Waals surface area contributed by atoms with Crippen molar-refractivity contribution in [2.75, 3.05) is 6.26 Å². The van der Waals surface area contributed by atoms with Gasteiger partial charge in [-0.2, -0.15) is 4.98 Å². The van der Waals surface area contributed by atoms with E-state index in [4.69, 9.17) is 9.26 Å².